The Bertz CT molecular complexity index is 942. The molecule has 0 aliphatic rings. The normalized spacial score (nSPS) is 10.9. The molecule has 9 heteroatoms. The molecule has 2 aromatic carbocycles. The van der Waals surface area contributed by atoms with Gasteiger partial charge in [0.25, 0.3) is 5.91 Å². The molecule has 178 valence electrons. The second-order valence-electron chi connectivity index (χ2n) is 8.30. The Morgan fingerprint density at radius 3 is 2.03 bits per heavy atom. The van der Waals surface area contributed by atoms with Crippen molar-refractivity contribution in [1.29, 1.82) is 0 Å². The first-order valence-electron chi connectivity index (χ1n) is 10.8. The van der Waals surface area contributed by atoms with E-state index in [0.717, 1.165) is 17.5 Å². The van der Waals surface area contributed by atoms with Crippen molar-refractivity contribution >= 4 is 18.0 Å². The van der Waals surface area contributed by atoms with E-state index in [1.165, 1.54) is 5.56 Å². The molecule has 0 bridgehead atoms. The summed E-state index contributed by atoms with van der Waals surface area (Å²) in [6.45, 7) is 5.62. The summed E-state index contributed by atoms with van der Waals surface area (Å²) in [5.41, 5.74) is 3.10. The van der Waals surface area contributed by atoms with Crippen LogP contribution in [0.1, 0.15) is 43.1 Å². The van der Waals surface area contributed by atoms with Crippen molar-refractivity contribution in [3.8, 4) is 11.1 Å². The zero-order valence-electron chi connectivity index (χ0n) is 19.2. The molecule has 0 aliphatic carbocycles. The number of nitrogens with one attached hydrogen (secondary N) is 3. The van der Waals surface area contributed by atoms with Gasteiger partial charge < -0.3 is 21.1 Å². The molecule has 0 fully saturated rings. The fourth-order valence-electron chi connectivity index (χ4n) is 3.15. The van der Waals surface area contributed by atoms with Crippen molar-refractivity contribution in [1.82, 2.24) is 21.0 Å². The maximum Gasteiger partial charge on any atom is 0.405 e. The average Bonchev–Trinajstić information content (AvgIpc) is 2.78. The van der Waals surface area contributed by atoms with Gasteiger partial charge in [-0.05, 0) is 55.5 Å². The number of amides is 4. The number of aryl methyl sites for hydroxylation is 1. The predicted octanol–water partition coefficient (Wildman–Crippen LogP) is 3.48. The number of urea groups is 1. The summed E-state index contributed by atoms with van der Waals surface area (Å²) < 4.78 is 0. The summed E-state index contributed by atoms with van der Waals surface area (Å²) in [5, 5.41) is 26.6. The average molecular weight is 457 g/mol. The molecule has 0 saturated carbocycles. The fraction of sp³-hybridized carbons (Fsp3) is 0.375. The SMILES string of the molecule is CCc1ccc(-c2ccc(C(=O)NCCN(O)C(=O)NCCC(C)(C)NC(=O)O)cc2)cc1. The number of hydrogen-bond donors (Lipinski definition) is 5. The highest BCUT2D eigenvalue weighted by molar-refractivity contribution is 5.94. The van der Waals surface area contributed by atoms with Gasteiger partial charge in [0.1, 0.15) is 0 Å². The van der Waals surface area contributed by atoms with E-state index >= 15 is 0 Å². The van der Waals surface area contributed by atoms with E-state index in [-0.39, 0.29) is 25.5 Å². The smallest absolute Gasteiger partial charge is 0.405 e. The van der Waals surface area contributed by atoms with Gasteiger partial charge in [-0.2, -0.15) is 0 Å². The molecule has 2 rings (SSSR count). The van der Waals surface area contributed by atoms with E-state index in [1.54, 1.807) is 26.0 Å². The highest BCUT2D eigenvalue weighted by Crippen LogP contribution is 2.20. The molecule has 0 heterocycles. The summed E-state index contributed by atoms with van der Waals surface area (Å²) in [5.74, 6) is -0.307. The minimum atomic E-state index is -1.15. The van der Waals surface area contributed by atoms with Gasteiger partial charge in [-0.3, -0.25) is 10.0 Å². The second-order valence-corrected chi connectivity index (χ2v) is 8.30. The lowest BCUT2D eigenvalue weighted by atomic mass is 10.0. The van der Waals surface area contributed by atoms with E-state index in [2.05, 4.69) is 47.1 Å². The first-order valence-corrected chi connectivity index (χ1v) is 10.8. The Morgan fingerprint density at radius 2 is 1.48 bits per heavy atom. The quantitative estimate of drug-likeness (QED) is 0.276. The van der Waals surface area contributed by atoms with Crippen LogP contribution in [-0.4, -0.2) is 58.6 Å². The Morgan fingerprint density at radius 1 is 0.909 bits per heavy atom. The van der Waals surface area contributed by atoms with Crippen molar-refractivity contribution in [2.45, 2.75) is 39.2 Å². The van der Waals surface area contributed by atoms with Gasteiger partial charge in [0.05, 0.1) is 6.54 Å². The van der Waals surface area contributed by atoms with Gasteiger partial charge in [-0.25, -0.2) is 14.7 Å². The molecule has 0 unspecified atom stereocenters. The molecule has 0 saturated heterocycles. The van der Waals surface area contributed by atoms with Crippen molar-refractivity contribution in [2.24, 2.45) is 0 Å². The van der Waals surface area contributed by atoms with Crippen LogP contribution in [0.25, 0.3) is 11.1 Å². The summed E-state index contributed by atoms with van der Waals surface area (Å²) in [4.78, 5) is 35.0. The first kappa shape index (κ1) is 25.7. The number of benzene rings is 2. The van der Waals surface area contributed by atoms with Crippen LogP contribution < -0.4 is 16.0 Å². The monoisotopic (exact) mass is 456 g/mol. The highest BCUT2D eigenvalue weighted by atomic mass is 16.5. The maximum absolute atomic E-state index is 12.3. The first-order chi connectivity index (χ1) is 15.6. The molecule has 0 aliphatic heterocycles. The number of carbonyl (C=O) groups is 3. The fourth-order valence-corrected chi connectivity index (χ4v) is 3.15. The number of hydroxylamine groups is 2. The number of hydrogen-bond acceptors (Lipinski definition) is 4. The Balaban J connectivity index is 1.75. The summed E-state index contributed by atoms with van der Waals surface area (Å²) in [6, 6.07) is 14.8. The van der Waals surface area contributed by atoms with E-state index in [1.807, 2.05) is 12.1 Å². The van der Waals surface area contributed by atoms with Crippen molar-refractivity contribution in [3.05, 3.63) is 59.7 Å². The van der Waals surface area contributed by atoms with Crippen LogP contribution in [-0.2, 0) is 6.42 Å². The van der Waals surface area contributed by atoms with Crippen LogP contribution in [0.2, 0.25) is 0 Å². The van der Waals surface area contributed by atoms with Crippen LogP contribution in [0, 0.1) is 0 Å². The number of carbonyl (C=O) groups excluding carboxylic acids is 2. The summed E-state index contributed by atoms with van der Waals surface area (Å²) in [6.07, 6.45) is 0.175. The molecule has 4 amide bonds. The molecular formula is C24H32N4O5. The predicted molar refractivity (Wildman–Crippen MR) is 125 cm³/mol. The molecular weight excluding hydrogens is 424 g/mol. The minimum absolute atomic E-state index is 0.0645. The van der Waals surface area contributed by atoms with Crippen LogP contribution in [0.3, 0.4) is 0 Å². The topological polar surface area (TPSA) is 131 Å². The molecule has 33 heavy (non-hydrogen) atoms. The molecule has 0 aromatic heterocycles. The van der Waals surface area contributed by atoms with Crippen LogP contribution in [0.5, 0.6) is 0 Å². The molecule has 5 N–H and O–H groups in total. The number of carboxylic acid groups (broad SMARTS) is 1. The van der Waals surface area contributed by atoms with Gasteiger partial charge in [-0.15, -0.1) is 0 Å². The third-order valence-corrected chi connectivity index (χ3v) is 5.16. The lowest BCUT2D eigenvalue weighted by molar-refractivity contribution is -0.0415. The summed E-state index contributed by atoms with van der Waals surface area (Å²) in [7, 11) is 0. The lowest BCUT2D eigenvalue weighted by Gasteiger charge is -2.25. The molecule has 0 atom stereocenters. The summed E-state index contributed by atoms with van der Waals surface area (Å²) >= 11 is 0. The number of rotatable bonds is 10. The van der Waals surface area contributed by atoms with Gasteiger partial charge in [-0.1, -0.05) is 43.3 Å². The maximum atomic E-state index is 12.3. The minimum Gasteiger partial charge on any atom is -0.465 e. The zero-order valence-corrected chi connectivity index (χ0v) is 19.2. The van der Waals surface area contributed by atoms with E-state index in [0.29, 0.717) is 17.0 Å². The Labute approximate surface area is 193 Å². The third-order valence-electron chi connectivity index (χ3n) is 5.16. The third kappa shape index (κ3) is 8.46. The van der Waals surface area contributed by atoms with Gasteiger partial charge in [0.2, 0.25) is 0 Å². The van der Waals surface area contributed by atoms with Crippen molar-refractivity contribution in [3.63, 3.8) is 0 Å². The van der Waals surface area contributed by atoms with Gasteiger partial charge in [0.15, 0.2) is 0 Å². The second kappa shape index (κ2) is 11.9. The number of nitrogens with zero attached hydrogens (tertiary/aromatic N) is 1. The molecule has 0 radical (unpaired) electrons. The molecule has 9 nitrogen and oxygen atoms in total. The van der Waals surface area contributed by atoms with Crippen LogP contribution in [0.15, 0.2) is 48.5 Å². The largest absolute Gasteiger partial charge is 0.465 e. The highest BCUT2D eigenvalue weighted by Gasteiger charge is 2.20. The van der Waals surface area contributed by atoms with Crippen LogP contribution in [0.4, 0.5) is 9.59 Å². The van der Waals surface area contributed by atoms with Gasteiger partial charge >= 0.3 is 12.1 Å². The van der Waals surface area contributed by atoms with E-state index in [4.69, 9.17) is 5.11 Å². The Hall–Kier alpha value is -3.59. The van der Waals surface area contributed by atoms with Crippen molar-refractivity contribution < 1.29 is 24.7 Å². The van der Waals surface area contributed by atoms with E-state index in [9.17, 15) is 19.6 Å². The van der Waals surface area contributed by atoms with Crippen molar-refractivity contribution in [2.75, 3.05) is 19.6 Å². The standard InChI is InChI=1S/C24H32N4O5/c1-4-17-5-7-18(8-6-17)19-9-11-20(12-10-19)21(29)25-15-16-28(33)22(30)26-14-13-24(2,3)27-23(31)32/h5-12,27,33H,4,13-16H2,1-3H3,(H,25,29)(H,26,30)(H,31,32). The lowest BCUT2D eigenvalue weighted by Crippen LogP contribution is -2.47. The molecule has 0 spiro atoms. The van der Waals surface area contributed by atoms with Gasteiger partial charge in [0, 0.05) is 24.2 Å². The zero-order chi connectivity index (χ0) is 24.4. The van der Waals surface area contributed by atoms with Crippen LogP contribution >= 0.6 is 0 Å². The van der Waals surface area contributed by atoms with E-state index < -0.39 is 17.7 Å². The molecule has 2 aromatic rings. The Kier molecular flexibility index (Phi) is 9.23.